The van der Waals surface area contributed by atoms with Crippen molar-refractivity contribution in [1.82, 2.24) is 0 Å². The molecule has 0 spiro atoms. The zero-order chi connectivity index (χ0) is 12.8. The number of carbonyl (C=O) groups is 1. The number of para-hydroxylation sites is 1. The highest BCUT2D eigenvalue weighted by Gasteiger charge is 2.17. The number of hydrogen-bond acceptors (Lipinski definition) is 3. The first-order valence-electron chi connectivity index (χ1n) is 6.78. The Morgan fingerprint density at radius 3 is 2.67 bits per heavy atom. The van der Waals surface area contributed by atoms with Gasteiger partial charge in [-0.05, 0) is 43.7 Å². The van der Waals surface area contributed by atoms with E-state index in [0.29, 0.717) is 12.8 Å². The Morgan fingerprint density at radius 2 is 1.94 bits per heavy atom. The van der Waals surface area contributed by atoms with Gasteiger partial charge in [0.05, 0.1) is 0 Å². The molecule has 0 aliphatic heterocycles. The van der Waals surface area contributed by atoms with Gasteiger partial charge in [-0.25, -0.2) is 0 Å². The molecule has 0 amide bonds. The summed E-state index contributed by atoms with van der Waals surface area (Å²) in [7, 11) is 0. The molecule has 1 aromatic rings. The number of anilines is 1. The Bertz CT molecular complexity index is 397. The monoisotopic (exact) mass is 247 g/mol. The molecule has 1 aliphatic rings. The van der Waals surface area contributed by atoms with Crippen LogP contribution in [0.15, 0.2) is 24.3 Å². The summed E-state index contributed by atoms with van der Waals surface area (Å²) in [4.78, 5) is 11.7. The predicted octanol–water partition coefficient (Wildman–Crippen LogP) is 3.08. The number of hydrogen-bond donors (Lipinski definition) is 1. The quantitative estimate of drug-likeness (QED) is 0.657. The predicted molar refractivity (Wildman–Crippen MR) is 72.1 cm³/mol. The molecule has 0 saturated heterocycles. The molecular formula is C15H21NO2. The third-order valence-corrected chi connectivity index (χ3v) is 3.50. The fourth-order valence-electron chi connectivity index (χ4n) is 2.43. The van der Waals surface area contributed by atoms with E-state index >= 15 is 0 Å². The largest absolute Gasteiger partial charge is 0.462 e. The summed E-state index contributed by atoms with van der Waals surface area (Å²) >= 11 is 0. The highest BCUT2D eigenvalue weighted by Crippen LogP contribution is 2.21. The Balaban J connectivity index is 1.76. The standard InChI is InChI=1S/C15H21NO2/c16-14-9-5-4-6-12(14)10-11-15(17)18-13-7-2-1-3-8-13/h4-6,9,13H,1-3,7-8,10-11,16H2. The smallest absolute Gasteiger partial charge is 0.306 e. The fourth-order valence-corrected chi connectivity index (χ4v) is 2.43. The molecule has 3 nitrogen and oxygen atoms in total. The normalized spacial score (nSPS) is 16.4. The van der Waals surface area contributed by atoms with Crippen molar-refractivity contribution in [2.45, 2.75) is 51.0 Å². The van der Waals surface area contributed by atoms with Crippen LogP contribution in [-0.4, -0.2) is 12.1 Å². The molecule has 0 unspecified atom stereocenters. The van der Waals surface area contributed by atoms with Gasteiger partial charge in [0, 0.05) is 12.1 Å². The first kappa shape index (κ1) is 12.9. The molecule has 3 heteroatoms. The van der Waals surface area contributed by atoms with E-state index in [1.165, 1.54) is 19.3 Å². The van der Waals surface area contributed by atoms with Crippen LogP contribution < -0.4 is 5.73 Å². The van der Waals surface area contributed by atoms with Gasteiger partial charge in [0.1, 0.15) is 6.10 Å². The van der Waals surface area contributed by atoms with Crippen LogP contribution in [0.3, 0.4) is 0 Å². The van der Waals surface area contributed by atoms with Crippen molar-refractivity contribution in [3.63, 3.8) is 0 Å². The van der Waals surface area contributed by atoms with Crippen LogP contribution in [0.1, 0.15) is 44.1 Å². The summed E-state index contributed by atoms with van der Waals surface area (Å²) in [5.74, 6) is -0.0925. The van der Waals surface area contributed by atoms with Crippen molar-refractivity contribution < 1.29 is 9.53 Å². The molecule has 1 saturated carbocycles. The molecule has 0 aromatic heterocycles. The molecule has 2 rings (SSSR count). The van der Waals surface area contributed by atoms with Gasteiger partial charge in [-0.2, -0.15) is 0 Å². The summed E-state index contributed by atoms with van der Waals surface area (Å²) in [6, 6.07) is 7.67. The number of nitrogen functional groups attached to an aromatic ring is 1. The van der Waals surface area contributed by atoms with E-state index in [0.717, 1.165) is 24.1 Å². The second-order valence-electron chi connectivity index (χ2n) is 4.95. The molecule has 1 aromatic carbocycles. The lowest BCUT2D eigenvalue weighted by molar-refractivity contribution is -0.150. The molecular weight excluding hydrogens is 226 g/mol. The van der Waals surface area contributed by atoms with Crippen LogP contribution in [0.25, 0.3) is 0 Å². The number of nitrogens with two attached hydrogens (primary N) is 1. The second kappa shape index (κ2) is 6.43. The highest BCUT2D eigenvalue weighted by atomic mass is 16.5. The van der Waals surface area contributed by atoms with E-state index in [9.17, 15) is 4.79 Å². The SMILES string of the molecule is Nc1ccccc1CCC(=O)OC1CCCCC1. The van der Waals surface area contributed by atoms with Crippen LogP contribution in [0.4, 0.5) is 5.69 Å². The Labute approximate surface area is 108 Å². The molecule has 0 heterocycles. The van der Waals surface area contributed by atoms with Crippen LogP contribution in [0.2, 0.25) is 0 Å². The molecule has 18 heavy (non-hydrogen) atoms. The molecule has 0 radical (unpaired) electrons. The molecule has 2 N–H and O–H groups in total. The van der Waals surface area contributed by atoms with E-state index in [-0.39, 0.29) is 12.1 Å². The van der Waals surface area contributed by atoms with Gasteiger partial charge in [0.2, 0.25) is 0 Å². The van der Waals surface area contributed by atoms with Gasteiger partial charge in [-0.1, -0.05) is 24.6 Å². The minimum Gasteiger partial charge on any atom is -0.462 e. The third kappa shape index (κ3) is 3.76. The lowest BCUT2D eigenvalue weighted by Gasteiger charge is -2.21. The van der Waals surface area contributed by atoms with E-state index < -0.39 is 0 Å². The second-order valence-corrected chi connectivity index (χ2v) is 4.95. The van der Waals surface area contributed by atoms with Crippen LogP contribution in [0.5, 0.6) is 0 Å². The number of esters is 1. The van der Waals surface area contributed by atoms with Crippen molar-refractivity contribution in [3.05, 3.63) is 29.8 Å². The topological polar surface area (TPSA) is 52.3 Å². The number of benzene rings is 1. The van der Waals surface area contributed by atoms with E-state index in [1.807, 2.05) is 24.3 Å². The minimum atomic E-state index is -0.0925. The average Bonchev–Trinajstić information content (AvgIpc) is 2.39. The van der Waals surface area contributed by atoms with Gasteiger partial charge < -0.3 is 10.5 Å². The summed E-state index contributed by atoms with van der Waals surface area (Å²) < 4.78 is 5.47. The van der Waals surface area contributed by atoms with Crippen LogP contribution >= 0.6 is 0 Å². The lowest BCUT2D eigenvalue weighted by Crippen LogP contribution is -2.21. The zero-order valence-corrected chi connectivity index (χ0v) is 10.7. The number of ether oxygens (including phenoxy) is 1. The summed E-state index contributed by atoms with van der Waals surface area (Å²) in [6.45, 7) is 0. The van der Waals surface area contributed by atoms with Gasteiger partial charge in [-0.15, -0.1) is 0 Å². The summed E-state index contributed by atoms with van der Waals surface area (Å²) in [5, 5.41) is 0. The summed E-state index contributed by atoms with van der Waals surface area (Å²) in [6.07, 6.45) is 6.93. The Kier molecular flexibility index (Phi) is 4.62. The Morgan fingerprint density at radius 1 is 1.22 bits per heavy atom. The van der Waals surface area contributed by atoms with Crippen molar-refractivity contribution in [2.24, 2.45) is 0 Å². The van der Waals surface area contributed by atoms with Gasteiger partial charge in [0.15, 0.2) is 0 Å². The zero-order valence-electron chi connectivity index (χ0n) is 10.7. The maximum Gasteiger partial charge on any atom is 0.306 e. The highest BCUT2D eigenvalue weighted by molar-refractivity contribution is 5.70. The van der Waals surface area contributed by atoms with Crippen molar-refractivity contribution >= 4 is 11.7 Å². The van der Waals surface area contributed by atoms with Crippen LogP contribution in [0, 0.1) is 0 Å². The molecule has 98 valence electrons. The number of carbonyl (C=O) groups excluding carboxylic acids is 1. The summed E-state index contributed by atoms with van der Waals surface area (Å²) in [5.41, 5.74) is 7.62. The van der Waals surface area contributed by atoms with Crippen molar-refractivity contribution in [1.29, 1.82) is 0 Å². The third-order valence-electron chi connectivity index (χ3n) is 3.50. The number of rotatable bonds is 4. The first-order valence-corrected chi connectivity index (χ1v) is 6.78. The minimum absolute atomic E-state index is 0.0925. The van der Waals surface area contributed by atoms with E-state index in [1.54, 1.807) is 0 Å². The maximum atomic E-state index is 11.7. The van der Waals surface area contributed by atoms with E-state index in [2.05, 4.69) is 0 Å². The van der Waals surface area contributed by atoms with Crippen LogP contribution in [-0.2, 0) is 16.0 Å². The maximum absolute atomic E-state index is 11.7. The van der Waals surface area contributed by atoms with Gasteiger partial charge in [0.25, 0.3) is 0 Å². The van der Waals surface area contributed by atoms with Crippen molar-refractivity contribution in [3.8, 4) is 0 Å². The lowest BCUT2D eigenvalue weighted by atomic mass is 9.98. The van der Waals surface area contributed by atoms with Crippen molar-refractivity contribution in [2.75, 3.05) is 5.73 Å². The Hall–Kier alpha value is -1.51. The fraction of sp³-hybridized carbons (Fsp3) is 0.533. The molecule has 0 bridgehead atoms. The van der Waals surface area contributed by atoms with Gasteiger partial charge >= 0.3 is 5.97 Å². The molecule has 1 aliphatic carbocycles. The molecule has 0 atom stereocenters. The van der Waals surface area contributed by atoms with E-state index in [4.69, 9.17) is 10.5 Å². The first-order chi connectivity index (χ1) is 8.75. The average molecular weight is 247 g/mol. The number of aryl methyl sites for hydroxylation is 1. The molecule has 1 fully saturated rings. The van der Waals surface area contributed by atoms with Gasteiger partial charge in [-0.3, -0.25) is 4.79 Å².